The van der Waals surface area contributed by atoms with Crippen LogP contribution in [0.5, 0.6) is 11.5 Å². The van der Waals surface area contributed by atoms with E-state index < -0.39 is 6.10 Å². The number of carbonyl (C=O) groups excluding carboxylic acids is 1. The van der Waals surface area contributed by atoms with E-state index in [0.717, 1.165) is 42.7 Å². The lowest BCUT2D eigenvalue weighted by Crippen LogP contribution is -2.37. The average molecular weight is 367 g/mol. The third-order valence-electron chi connectivity index (χ3n) is 5.12. The molecule has 0 fully saturated rings. The van der Waals surface area contributed by atoms with Crippen molar-refractivity contribution in [2.75, 3.05) is 13.7 Å². The number of nitrogens with one attached hydrogen (secondary N) is 1. The molecule has 1 unspecified atom stereocenters. The van der Waals surface area contributed by atoms with Crippen molar-refractivity contribution in [2.24, 2.45) is 0 Å². The van der Waals surface area contributed by atoms with Gasteiger partial charge >= 0.3 is 0 Å². The molecule has 3 rings (SSSR count). The largest absolute Gasteiger partial charge is 0.496 e. The molecule has 1 aliphatic rings. The van der Waals surface area contributed by atoms with Gasteiger partial charge in [-0.15, -0.1) is 0 Å². The first kappa shape index (κ1) is 19.3. The number of fused-ring (bicyclic) bond motifs is 1. The number of rotatable bonds is 8. The number of methoxy groups -OCH3 is 1. The molecule has 2 aromatic carbocycles. The molecule has 144 valence electrons. The summed E-state index contributed by atoms with van der Waals surface area (Å²) in [6, 6.07) is 14.2. The maximum atomic E-state index is 12.3. The summed E-state index contributed by atoms with van der Waals surface area (Å²) in [6.45, 7) is 2.42. The Balaban J connectivity index is 1.44. The van der Waals surface area contributed by atoms with Crippen LogP contribution in [0.2, 0.25) is 0 Å². The van der Waals surface area contributed by atoms with E-state index in [1.54, 1.807) is 14.0 Å². The molecule has 0 bridgehead atoms. The molecule has 4 heteroatoms. The average Bonchev–Trinajstić information content (AvgIpc) is 2.71. The minimum Gasteiger partial charge on any atom is -0.496 e. The zero-order valence-corrected chi connectivity index (χ0v) is 16.3. The van der Waals surface area contributed by atoms with Crippen molar-refractivity contribution in [3.05, 3.63) is 59.2 Å². The standard InChI is InChI=1S/C23H29NO3/c1-17(27-21-14-13-18-8-3-4-10-20(18)16-21)23(25)24-15-7-11-19-9-5-6-12-22(19)26-2/h5-6,9,12-14,16-17H,3-4,7-8,10-11,15H2,1-2H3,(H,24,25). The molecule has 2 aromatic rings. The molecule has 0 saturated carbocycles. The van der Waals surface area contributed by atoms with Crippen LogP contribution in [0.25, 0.3) is 0 Å². The summed E-state index contributed by atoms with van der Waals surface area (Å²) in [5, 5.41) is 2.97. The molecule has 27 heavy (non-hydrogen) atoms. The van der Waals surface area contributed by atoms with Crippen LogP contribution in [0, 0.1) is 0 Å². The van der Waals surface area contributed by atoms with E-state index in [1.165, 1.54) is 24.0 Å². The number of para-hydroxylation sites is 1. The maximum Gasteiger partial charge on any atom is 0.260 e. The van der Waals surface area contributed by atoms with Gasteiger partial charge in [0, 0.05) is 6.54 Å². The second kappa shape index (κ2) is 9.45. The smallest absolute Gasteiger partial charge is 0.260 e. The van der Waals surface area contributed by atoms with Crippen LogP contribution in [0.3, 0.4) is 0 Å². The van der Waals surface area contributed by atoms with E-state index in [4.69, 9.17) is 9.47 Å². The van der Waals surface area contributed by atoms with E-state index in [-0.39, 0.29) is 5.91 Å². The van der Waals surface area contributed by atoms with Crippen LogP contribution < -0.4 is 14.8 Å². The fourth-order valence-corrected chi connectivity index (χ4v) is 3.58. The van der Waals surface area contributed by atoms with Gasteiger partial charge in [-0.25, -0.2) is 0 Å². The Hall–Kier alpha value is -2.49. The normalized spacial score (nSPS) is 14.1. The van der Waals surface area contributed by atoms with Crippen molar-refractivity contribution in [3.8, 4) is 11.5 Å². The number of hydrogen-bond acceptors (Lipinski definition) is 3. The third-order valence-corrected chi connectivity index (χ3v) is 5.12. The van der Waals surface area contributed by atoms with Crippen molar-refractivity contribution in [1.29, 1.82) is 0 Å². The lowest BCUT2D eigenvalue weighted by atomic mass is 9.92. The number of benzene rings is 2. The number of amides is 1. The van der Waals surface area contributed by atoms with Crippen molar-refractivity contribution >= 4 is 5.91 Å². The summed E-state index contributed by atoms with van der Waals surface area (Å²) >= 11 is 0. The fraction of sp³-hybridized carbons (Fsp3) is 0.435. The molecule has 1 aliphatic carbocycles. The van der Waals surface area contributed by atoms with Crippen LogP contribution in [0.1, 0.15) is 42.9 Å². The monoisotopic (exact) mass is 367 g/mol. The summed E-state index contributed by atoms with van der Waals surface area (Å²) in [5.41, 5.74) is 3.94. The molecule has 4 nitrogen and oxygen atoms in total. The summed E-state index contributed by atoms with van der Waals surface area (Å²) in [6.07, 6.45) is 5.98. The number of hydrogen-bond donors (Lipinski definition) is 1. The Morgan fingerprint density at radius 3 is 2.70 bits per heavy atom. The van der Waals surface area contributed by atoms with E-state index in [0.29, 0.717) is 6.54 Å². The molecule has 0 heterocycles. The second-order valence-corrected chi connectivity index (χ2v) is 7.10. The summed E-state index contributed by atoms with van der Waals surface area (Å²) in [7, 11) is 1.68. The first-order valence-electron chi connectivity index (χ1n) is 9.85. The number of carbonyl (C=O) groups is 1. The highest BCUT2D eigenvalue weighted by Crippen LogP contribution is 2.26. The first-order chi connectivity index (χ1) is 13.2. The molecule has 0 aliphatic heterocycles. The zero-order chi connectivity index (χ0) is 19.1. The van der Waals surface area contributed by atoms with Gasteiger partial charge in [0.1, 0.15) is 11.5 Å². The maximum absolute atomic E-state index is 12.3. The van der Waals surface area contributed by atoms with Gasteiger partial charge in [-0.2, -0.15) is 0 Å². The molecule has 1 amide bonds. The molecule has 1 atom stereocenters. The fourth-order valence-electron chi connectivity index (χ4n) is 3.58. The molecular weight excluding hydrogens is 338 g/mol. The van der Waals surface area contributed by atoms with Gasteiger partial charge in [0.2, 0.25) is 0 Å². The Kier molecular flexibility index (Phi) is 6.74. The SMILES string of the molecule is COc1ccccc1CCCNC(=O)C(C)Oc1ccc2c(c1)CCCC2. The highest BCUT2D eigenvalue weighted by Gasteiger charge is 2.16. The minimum absolute atomic E-state index is 0.0762. The lowest BCUT2D eigenvalue weighted by Gasteiger charge is -2.19. The quantitative estimate of drug-likeness (QED) is 0.715. The van der Waals surface area contributed by atoms with E-state index in [2.05, 4.69) is 23.5 Å². The topological polar surface area (TPSA) is 47.6 Å². The zero-order valence-electron chi connectivity index (χ0n) is 16.3. The van der Waals surface area contributed by atoms with Gasteiger partial charge in [0.15, 0.2) is 6.10 Å². The third kappa shape index (κ3) is 5.25. The molecule has 0 aromatic heterocycles. The van der Waals surface area contributed by atoms with Gasteiger partial charge in [-0.1, -0.05) is 24.3 Å². The van der Waals surface area contributed by atoms with Gasteiger partial charge < -0.3 is 14.8 Å². The molecular formula is C23H29NO3. The van der Waals surface area contributed by atoms with Crippen molar-refractivity contribution < 1.29 is 14.3 Å². The Bertz CT molecular complexity index is 772. The second-order valence-electron chi connectivity index (χ2n) is 7.10. The van der Waals surface area contributed by atoms with Crippen LogP contribution >= 0.6 is 0 Å². The predicted molar refractivity (Wildman–Crippen MR) is 107 cm³/mol. The first-order valence-corrected chi connectivity index (χ1v) is 9.85. The van der Waals surface area contributed by atoms with Crippen molar-refractivity contribution in [2.45, 2.75) is 51.6 Å². The summed E-state index contributed by atoms with van der Waals surface area (Å²) in [4.78, 5) is 12.3. The molecule has 1 N–H and O–H groups in total. The summed E-state index contributed by atoms with van der Waals surface area (Å²) in [5.74, 6) is 1.60. The Morgan fingerprint density at radius 2 is 1.89 bits per heavy atom. The highest BCUT2D eigenvalue weighted by atomic mass is 16.5. The summed E-state index contributed by atoms with van der Waals surface area (Å²) < 4.78 is 11.2. The molecule has 0 saturated heterocycles. The number of aryl methyl sites for hydroxylation is 3. The number of ether oxygens (including phenoxy) is 2. The Labute approximate surface area is 161 Å². The van der Waals surface area contributed by atoms with Crippen LogP contribution in [0.4, 0.5) is 0 Å². The molecule has 0 spiro atoms. The van der Waals surface area contributed by atoms with Crippen LogP contribution in [-0.4, -0.2) is 25.7 Å². The van der Waals surface area contributed by atoms with Gasteiger partial charge in [-0.05, 0) is 80.3 Å². The molecule has 0 radical (unpaired) electrons. The van der Waals surface area contributed by atoms with Gasteiger partial charge in [0.25, 0.3) is 5.91 Å². The van der Waals surface area contributed by atoms with Crippen molar-refractivity contribution in [3.63, 3.8) is 0 Å². The van der Waals surface area contributed by atoms with E-state index >= 15 is 0 Å². The van der Waals surface area contributed by atoms with Crippen molar-refractivity contribution in [1.82, 2.24) is 5.32 Å². The van der Waals surface area contributed by atoms with Crippen LogP contribution in [0.15, 0.2) is 42.5 Å². The van der Waals surface area contributed by atoms with Crippen LogP contribution in [-0.2, 0) is 24.1 Å². The Morgan fingerprint density at radius 1 is 1.11 bits per heavy atom. The van der Waals surface area contributed by atoms with E-state index in [1.807, 2.05) is 24.3 Å². The minimum atomic E-state index is -0.502. The van der Waals surface area contributed by atoms with E-state index in [9.17, 15) is 4.79 Å². The van der Waals surface area contributed by atoms with Gasteiger partial charge in [0.05, 0.1) is 7.11 Å². The van der Waals surface area contributed by atoms with Gasteiger partial charge in [-0.3, -0.25) is 4.79 Å². The lowest BCUT2D eigenvalue weighted by molar-refractivity contribution is -0.127. The predicted octanol–water partition coefficient (Wildman–Crippen LogP) is 4.09. The highest BCUT2D eigenvalue weighted by molar-refractivity contribution is 5.80.